The van der Waals surface area contributed by atoms with E-state index in [2.05, 4.69) is 38.2 Å². The fourth-order valence-electron chi connectivity index (χ4n) is 5.91. The van der Waals surface area contributed by atoms with Crippen LogP contribution in [0.25, 0.3) is 10.8 Å². The van der Waals surface area contributed by atoms with E-state index in [9.17, 15) is 18.0 Å². The van der Waals surface area contributed by atoms with Gasteiger partial charge in [-0.25, -0.2) is 13.4 Å². The number of carbonyl (C=O) groups excluding carboxylic acids is 2. The summed E-state index contributed by atoms with van der Waals surface area (Å²) in [4.78, 5) is 30.7. The molecule has 1 N–H and O–H groups in total. The number of fused-ring (bicyclic) bond motifs is 1. The Labute approximate surface area is 271 Å². The Balaban J connectivity index is 1.44. The molecule has 4 aromatic rings. The number of ether oxygens (including phenoxy) is 2. The summed E-state index contributed by atoms with van der Waals surface area (Å²) in [6, 6.07) is 24.1. The maximum absolute atomic E-state index is 13.6. The lowest BCUT2D eigenvalue weighted by atomic mass is 9.87. The van der Waals surface area contributed by atoms with E-state index in [-0.39, 0.29) is 16.9 Å². The van der Waals surface area contributed by atoms with Crippen LogP contribution in [0.4, 0.5) is 0 Å². The van der Waals surface area contributed by atoms with Gasteiger partial charge in [0, 0.05) is 11.1 Å². The fourth-order valence-corrected chi connectivity index (χ4v) is 7.44. The minimum absolute atomic E-state index is 0.0394. The van der Waals surface area contributed by atoms with Crippen LogP contribution in [-0.2, 0) is 37.0 Å². The number of hydrogen-bond acceptors (Lipinski definition) is 7. The van der Waals surface area contributed by atoms with E-state index in [4.69, 9.17) is 14.5 Å². The van der Waals surface area contributed by atoms with Gasteiger partial charge in [-0.15, -0.1) is 0 Å². The van der Waals surface area contributed by atoms with E-state index in [1.54, 1.807) is 36.4 Å². The summed E-state index contributed by atoms with van der Waals surface area (Å²) in [6.45, 7) is 6.51. The molecule has 1 heterocycles. The SMILES string of the molecule is COC(=O)CC(NC(=O)c1cc2ccc(Oc3ccc(C(C)(C)C)cc3)cc2c(CC2CCCC2)n1)S(=O)(=O)Cc1ccccc1. The molecule has 1 aliphatic carbocycles. The summed E-state index contributed by atoms with van der Waals surface area (Å²) in [5, 5.41) is 2.78. The summed E-state index contributed by atoms with van der Waals surface area (Å²) in [5.41, 5.74) is 2.67. The van der Waals surface area contributed by atoms with Gasteiger partial charge in [0.2, 0.25) is 0 Å². The van der Waals surface area contributed by atoms with E-state index >= 15 is 0 Å². The standard InChI is InChI=1S/C37H42N2O6S/c1-37(2,3)28-15-18-29(19-16-28)45-30-17-14-27-21-33(38-32(31(27)22-30)20-25-10-8-9-11-25)36(41)39-34(23-35(40)44-4)46(42,43)24-26-12-6-5-7-13-26/h5-7,12-19,21-22,25,34H,8-11,20,23-24H2,1-4H3,(H,39,41). The monoisotopic (exact) mass is 642 g/mol. The topological polar surface area (TPSA) is 112 Å². The molecule has 1 aromatic heterocycles. The van der Waals surface area contributed by atoms with Crippen molar-refractivity contribution in [2.45, 2.75) is 75.8 Å². The summed E-state index contributed by atoms with van der Waals surface area (Å²) in [7, 11) is -2.79. The third-order valence-corrected chi connectivity index (χ3v) is 10.4. The molecule has 1 amide bonds. The largest absolute Gasteiger partial charge is 0.469 e. The molecule has 0 radical (unpaired) electrons. The van der Waals surface area contributed by atoms with Crippen molar-refractivity contribution in [3.05, 3.63) is 101 Å². The van der Waals surface area contributed by atoms with Crippen LogP contribution in [0.2, 0.25) is 0 Å². The van der Waals surface area contributed by atoms with Gasteiger partial charge < -0.3 is 14.8 Å². The molecule has 242 valence electrons. The van der Waals surface area contributed by atoms with Crippen LogP contribution in [0.5, 0.6) is 11.5 Å². The van der Waals surface area contributed by atoms with Crippen molar-refractivity contribution in [3.8, 4) is 11.5 Å². The predicted octanol–water partition coefficient (Wildman–Crippen LogP) is 7.29. The highest BCUT2D eigenvalue weighted by molar-refractivity contribution is 7.91. The van der Waals surface area contributed by atoms with Crippen LogP contribution in [0.15, 0.2) is 78.9 Å². The quantitative estimate of drug-likeness (QED) is 0.171. The number of hydrogen-bond donors (Lipinski definition) is 1. The van der Waals surface area contributed by atoms with E-state index < -0.39 is 33.5 Å². The number of carbonyl (C=O) groups is 2. The zero-order valence-corrected chi connectivity index (χ0v) is 27.7. The Morgan fingerprint density at radius 2 is 1.61 bits per heavy atom. The normalized spacial score (nSPS) is 14.6. The van der Waals surface area contributed by atoms with Gasteiger partial charge in [0.25, 0.3) is 5.91 Å². The Bertz CT molecular complexity index is 1790. The molecule has 1 fully saturated rings. The molecule has 1 aliphatic rings. The zero-order valence-electron chi connectivity index (χ0n) is 26.9. The molecule has 0 saturated heterocycles. The predicted molar refractivity (Wildman–Crippen MR) is 180 cm³/mol. The lowest BCUT2D eigenvalue weighted by Crippen LogP contribution is -2.43. The summed E-state index contributed by atoms with van der Waals surface area (Å²) in [6.07, 6.45) is 4.69. The maximum Gasteiger partial charge on any atom is 0.308 e. The second kappa shape index (κ2) is 14.0. The number of nitrogens with one attached hydrogen (secondary N) is 1. The second-order valence-electron chi connectivity index (χ2n) is 13.1. The number of amides is 1. The van der Waals surface area contributed by atoms with Crippen molar-refractivity contribution < 1.29 is 27.5 Å². The van der Waals surface area contributed by atoms with Gasteiger partial charge in [0.15, 0.2) is 9.84 Å². The van der Waals surface area contributed by atoms with Gasteiger partial charge in [0.1, 0.15) is 22.6 Å². The number of aromatic nitrogens is 1. The smallest absolute Gasteiger partial charge is 0.308 e. The van der Waals surface area contributed by atoms with Gasteiger partial charge in [-0.1, -0.05) is 95.0 Å². The minimum atomic E-state index is -3.98. The Hall–Kier alpha value is -4.24. The van der Waals surface area contributed by atoms with Gasteiger partial charge in [-0.3, -0.25) is 9.59 Å². The highest BCUT2D eigenvalue weighted by Gasteiger charge is 2.31. The van der Waals surface area contributed by atoms with Crippen molar-refractivity contribution in [2.24, 2.45) is 5.92 Å². The van der Waals surface area contributed by atoms with Crippen molar-refractivity contribution in [3.63, 3.8) is 0 Å². The average Bonchev–Trinajstić information content (AvgIpc) is 3.54. The zero-order chi connectivity index (χ0) is 32.9. The molecular formula is C37H42N2O6S. The summed E-state index contributed by atoms with van der Waals surface area (Å²) < 4.78 is 37.8. The lowest BCUT2D eigenvalue weighted by Gasteiger charge is -2.20. The van der Waals surface area contributed by atoms with Gasteiger partial charge in [0.05, 0.1) is 19.3 Å². The van der Waals surface area contributed by atoms with Crippen LogP contribution >= 0.6 is 0 Å². The number of benzene rings is 3. The van der Waals surface area contributed by atoms with E-state index in [1.165, 1.54) is 12.7 Å². The van der Waals surface area contributed by atoms with Crippen molar-refractivity contribution >= 4 is 32.5 Å². The molecular weight excluding hydrogens is 600 g/mol. The molecule has 3 aromatic carbocycles. The molecule has 46 heavy (non-hydrogen) atoms. The van der Waals surface area contributed by atoms with Crippen molar-refractivity contribution in [1.82, 2.24) is 10.3 Å². The molecule has 0 aliphatic heterocycles. The van der Waals surface area contributed by atoms with Crippen LogP contribution in [-0.4, -0.2) is 37.8 Å². The lowest BCUT2D eigenvalue weighted by molar-refractivity contribution is -0.140. The first-order valence-corrected chi connectivity index (χ1v) is 17.5. The summed E-state index contributed by atoms with van der Waals surface area (Å²) in [5.74, 6) is 0.0854. The van der Waals surface area contributed by atoms with Gasteiger partial charge in [-0.2, -0.15) is 0 Å². The van der Waals surface area contributed by atoms with Crippen LogP contribution in [0.3, 0.4) is 0 Å². The number of pyridine rings is 1. The van der Waals surface area contributed by atoms with Crippen molar-refractivity contribution in [1.29, 1.82) is 0 Å². The maximum atomic E-state index is 13.6. The van der Waals surface area contributed by atoms with Crippen molar-refractivity contribution in [2.75, 3.05) is 7.11 Å². The number of methoxy groups -OCH3 is 1. The van der Waals surface area contributed by atoms with Crippen LogP contribution < -0.4 is 10.1 Å². The number of rotatable bonds is 11. The minimum Gasteiger partial charge on any atom is -0.469 e. The Kier molecular flexibility index (Phi) is 10.1. The second-order valence-corrected chi connectivity index (χ2v) is 15.3. The highest BCUT2D eigenvalue weighted by Crippen LogP contribution is 2.33. The van der Waals surface area contributed by atoms with Crippen LogP contribution in [0.1, 0.15) is 80.2 Å². The first-order valence-electron chi connectivity index (χ1n) is 15.8. The molecule has 1 unspecified atom stereocenters. The average molecular weight is 643 g/mol. The molecule has 0 spiro atoms. The molecule has 5 rings (SSSR count). The number of sulfone groups is 1. The third-order valence-electron chi connectivity index (χ3n) is 8.54. The molecule has 9 heteroatoms. The highest BCUT2D eigenvalue weighted by atomic mass is 32.2. The first kappa shape index (κ1) is 33.1. The van der Waals surface area contributed by atoms with E-state index in [0.29, 0.717) is 23.7 Å². The van der Waals surface area contributed by atoms with Gasteiger partial charge >= 0.3 is 5.97 Å². The third kappa shape index (κ3) is 8.31. The number of nitrogens with zero attached hydrogens (tertiary/aromatic N) is 1. The molecule has 1 atom stereocenters. The number of esters is 1. The van der Waals surface area contributed by atoms with Gasteiger partial charge in [-0.05, 0) is 64.6 Å². The molecule has 0 bridgehead atoms. The van der Waals surface area contributed by atoms with E-state index in [1.807, 2.05) is 30.3 Å². The molecule has 8 nitrogen and oxygen atoms in total. The van der Waals surface area contributed by atoms with E-state index in [0.717, 1.165) is 47.9 Å². The first-order chi connectivity index (χ1) is 21.9. The summed E-state index contributed by atoms with van der Waals surface area (Å²) >= 11 is 0. The molecule has 1 saturated carbocycles. The Morgan fingerprint density at radius 3 is 2.26 bits per heavy atom. The van der Waals surface area contributed by atoms with Crippen LogP contribution in [0, 0.1) is 5.92 Å². The fraction of sp³-hybridized carbons (Fsp3) is 0.378. The Morgan fingerprint density at radius 1 is 0.935 bits per heavy atom.